The van der Waals surface area contributed by atoms with E-state index in [4.69, 9.17) is 11.6 Å². The molecule has 2 nitrogen and oxygen atoms in total. The summed E-state index contributed by atoms with van der Waals surface area (Å²) in [7, 11) is -2.80. The van der Waals surface area contributed by atoms with Gasteiger partial charge in [0, 0.05) is 12.1 Å². The lowest BCUT2D eigenvalue weighted by atomic mass is 10.1. The molecule has 0 aliphatic carbocycles. The molecular weight excluding hydrogens is 184 g/mol. The molecule has 0 bridgehead atoms. The minimum absolute atomic E-state index is 0.240. The van der Waals surface area contributed by atoms with Crippen LogP contribution < -0.4 is 0 Å². The zero-order valence-corrected chi connectivity index (χ0v) is 8.58. The van der Waals surface area contributed by atoms with Crippen molar-refractivity contribution in [3.05, 3.63) is 0 Å². The van der Waals surface area contributed by atoms with E-state index in [9.17, 15) is 8.42 Å². The second-order valence-corrected chi connectivity index (χ2v) is 5.59. The summed E-state index contributed by atoms with van der Waals surface area (Å²) in [5.74, 6) is 1.14. The number of hydrogen-bond acceptors (Lipinski definition) is 2. The van der Waals surface area contributed by atoms with Crippen LogP contribution >= 0.6 is 11.6 Å². The summed E-state index contributed by atoms with van der Waals surface area (Å²) in [4.78, 5) is 0. The van der Waals surface area contributed by atoms with Gasteiger partial charge in [-0.3, -0.25) is 0 Å². The molecule has 68 valence electrons. The maximum absolute atomic E-state index is 10.8. The number of rotatable bonds is 5. The molecule has 11 heavy (non-hydrogen) atoms. The Hall–Kier alpha value is 0.240. The summed E-state index contributed by atoms with van der Waals surface area (Å²) < 4.78 is 21.5. The van der Waals surface area contributed by atoms with Crippen LogP contribution in [0.3, 0.4) is 0 Å². The molecule has 0 rings (SSSR count). The van der Waals surface area contributed by atoms with Crippen LogP contribution in [0.15, 0.2) is 0 Å². The second kappa shape index (κ2) is 4.99. The van der Waals surface area contributed by atoms with Gasteiger partial charge < -0.3 is 0 Å². The number of alkyl halides is 1. The Labute approximate surface area is 73.9 Å². The Morgan fingerprint density at radius 1 is 1.45 bits per heavy atom. The van der Waals surface area contributed by atoms with Gasteiger partial charge in [0.05, 0.1) is 5.75 Å². The van der Waals surface area contributed by atoms with Crippen LogP contribution in [0.4, 0.5) is 0 Å². The Balaban J connectivity index is 3.61. The van der Waals surface area contributed by atoms with Gasteiger partial charge in [0.25, 0.3) is 0 Å². The number of hydrogen-bond donors (Lipinski definition) is 0. The minimum atomic E-state index is -2.80. The Morgan fingerprint density at radius 2 is 2.00 bits per heavy atom. The van der Waals surface area contributed by atoms with Crippen molar-refractivity contribution in [2.45, 2.75) is 19.8 Å². The van der Waals surface area contributed by atoms with Crippen LogP contribution in [0.25, 0.3) is 0 Å². The zero-order chi connectivity index (χ0) is 8.91. The average Bonchev–Trinajstić information content (AvgIpc) is 1.79. The smallest absolute Gasteiger partial charge is 0.147 e. The summed E-state index contributed by atoms with van der Waals surface area (Å²) in [5.41, 5.74) is 0. The highest BCUT2D eigenvalue weighted by Gasteiger charge is 2.09. The molecule has 0 aromatic carbocycles. The molecule has 0 aliphatic heterocycles. The van der Waals surface area contributed by atoms with Crippen LogP contribution in [-0.4, -0.2) is 26.3 Å². The van der Waals surface area contributed by atoms with Crippen molar-refractivity contribution >= 4 is 21.4 Å². The van der Waals surface area contributed by atoms with Crippen molar-refractivity contribution in [1.29, 1.82) is 0 Å². The first-order valence-electron chi connectivity index (χ1n) is 3.69. The van der Waals surface area contributed by atoms with E-state index < -0.39 is 9.84 Å². The van der Waals surface area contributed by atoms with Gasteiger partial charge in [-0.1, -0.05) is 6.92 Å². The number of sulfone groups is 1. The first kappa shape index (κ1) is 11.2. The monoisotopic (exact) mass is 198 g/mol. The molecule has 0 heterocycles. The van der Waals surface area contributed by atoms with E-state index in [1.54, 1.807) is 0 Å². The fourth-order valence-corrected chi connectivity index (χ4v) is 2.38. The van der Waals surface area contributed by atoms with Crippen molar-refractivity contribution < 1.29 is 8.42 Å². The van der Waals surface area contributed by atoms with Gasteiger partial charge in [-0.15, -0.1) is 11.6 Å². The lowest BCUT2D eigenvalue weighted by Gasteiger charge is -2.07. The van der Waals surface area contributed by atoms with E-state index in [1.165, 1.54) is 6.26 Å². The zero-order valence-electron chi connectivity index (χ0n) is 7.01. The van der Waals surface area contributed by atoms with Crippen molar-refractivity contribution in [2.24, 2.45) is 5.92 Å². The van der Waals surface area contributed by atoms with E-state index in [-0.39, 0.29) is 11.7 Å². The maximum atomic E-state index is 10.8. The first-order valence-corrected chi connectivity index (χ1v) is 6.29. The molecule has 0 amide bonds. The lowest BCUT2D eigenvalue weighted by Crippen LogP contribution is -2.11. The fraction of sp³-hybridized carbons (Fsp3) is 1.00. The van der Waals surface area contributed by atoms with Gasteiger partial charge in [-0.05, 0) is 18.8 Å². The summed E-state index contributed by atoms with van der Waals surface area (Å²) in [5, 5.41) is 0. The van der Waals surface area contributed by atoms with Gasteiger partial charge in [0.2, 0.25) is 0 Å². The first-order chi connectivity index (χ1) is 4.95. The Kier molecular flexibility index (Phi) is 5.10. The van der Waals surface area contributed by atoms with Crippen LogP contribution in [0.1, 0.15) is 19.8 Å². The maximum Gasteiger partial charge on any atom is 0.147 e. The van der Waals surface area contributed by atoms with Crippen LogP contribution in [0, 0.1) is 5.92 Å². The van der Waals surface area contributed by atoms with Gasteiger partial charge in [-0.25, -0.2) is 8.42 Å². The quantitative estimate of drug-likeness (QED) is 0.630. The molecule has 0 aliphatic rings. The van der Waals surface area contributed by atoms with Crippen LogP contribution in [-0.2, 0) is 9.84 Å². The molecule has 0 N–H and O–H groups in total. The lowest BCUT2D eigenvalue weighted by molar-refractivity contribution is 0.550. The Morgan fingerprint density at radius 3 is 2.36 bits per heavy atom. The van der Waals surface area contributed by atoms with Gasteiger partial charge in [0.15, 0.2) is 0 Å². The molecule has 0 spiro atoms. The largest absolute Gasteiger partial charge is 0.229 e. The normalized spacial score (nSPS) is 14.8. The van der Waals surface area contributed by atoms with Crippen molar-refractivity contribution in [3.8, 4) is 0 Å². The van der Waals surface area contributed by atoms with Gasteiger partial charge in [0.1, 0.15) is 9.84 Å². The van der Waals surface area contributed by atoms with E-state index in [2.05, 4.69) is 0 Å². The molecule has 1 unspecified atom stereocenters. The van der Waals surface area contributed by atoms with Crippen LogP contribution in [0.5, 0.6) is 0 Å². The predicted octanol–water partition coefficient (Wildman–Crippen LogP) is 1.69. The van der Waals surface area contributed by atoms with Crippen molar-refractivity contribution in [3.63, 3.8) is 0 Å². The molecule has 0 aromatic heterocycles. The summed E-state index contributed by atoms with van der Waals surface area (Å²) in [6.45, 7) is 1.94. The Bertz CT molecular complexity index is 187. The standard InChI is InChI=1S/C7H15ClO2S/c1-7(4-3-5-8)6-11(2,9)10/h7H,3-6H2,1-2H3. The second-order valence-electron chi connectivity index (χ2n) is 3.03. The fourth-order valence-electron chi connectivity index (χ4n) is 1.03. The van der Waals surface area contributed by atoms with Crippen LogP contribution in [0.2, 0.25) is 0 Å². The predicted molar refractivity (Wildman–Crippen MR) is 48.8 cm³/mol. The third kappa shape index (κ3) is 8.14. The summed E-state index contributed by atoms with van der Waals surface area (Å²) >= 11 is 5.47. The van der Waals surface area contributed by atoms with E-state index in [0.29, 0.717) is 5.88 Å². The topological polar surface area (TPSA) is 34.1 Å². The molecule has 4 heteroatoms. The molecular formula is C7H15ClO2S. The molecule has 1 atom stereocenters. The summed E-state index contributed by atoms with van der Waals surface area (Å²) in [6, 6.07) is 0. The average molecular weight is 199 g/mol. The highest BCUT2D eigenvalue weighted by Crippen LogP contribution is 2.08. The van der Waals surface area contributed by atoms with E-state index in [0.717, 1.165) is 12.8 Å². The SMILES string of the molecule is CC(CCCCl)CS(C)(=O)=O. The molecule has 0 aromatic rings. The highest BCUT2D eigenvalue weighted by molar-refractivity contribution is 7.90. The molecule has 0 radical (unpaired) electrons. The molecule has 0 saturated heterocycles. The van der Waals surface area contributed by atoms with Gasteiger partial charge in [-0.2, -0.15) is 0 Å². The van der Waals surface area contributed by atoms with Crippen molar-refractivity contribution in [1.82, 2.24) is 0 Å². The van der Waals surface area contributed by atoms with E-state index in [1.807, 2.05) is 6.92 Å². The van der Waals surface area contributed by atoms with Crippen molar-refractivity contribution in [2.75, 3.05) is 17.9 Å². The third-order valence-corrected chi connectivity index (χ3v) is 2.86. The molecule has 0 fully saturated rings. The highest BCUT2D eigenvalue weighted by atomic mass is 35.5. The third-order valence-electron chi connectivity index (χ3n) is 1.42. The minimum Gasteiger partial charge on any atom is -0.229 e. The van der Waals surface area contributed by atoms with Gasteiger partial charge >= 0.3 is 0 Å². The summed E-state index contributed by atoms with van der Waals surface area (Å²) in [6.07, 6.45) is 3.07. The number of halogens is 1. The van der Waals surface area contributed by atoms with E-state index >= 15 is 0 Å². The molecule has 0 saturated carbocycles.